The van der Waals surface area contributed by atoms with Crippen molar-refractivity contribution < 1.29 is 27.9 Å². The summed E-state index contributed by atoms with van der Waals surface area (Å²) in [6.07, 6.45) is 1.24. The summed E-state index contributed by atoms with van der Waals surface area (Å²) in [5.41, 5.74) is 0. The van der Waals surface area contributed by atoms with E-state index in [1.807, 2.05) is 0 Å². The van der Waals surface area contributed by atoms with Crippen LogP contribution in [-0.2, 0) is 24.3 Å². The third kappa shape index (κ3) is 6.55. The largest absolute Gasteiger partial charge is 0.451 e. The first kappa shape index (κ1) is 23.9. The Morgan fingerprint density at radius 3 is 2.34 bits per heavy atom. The highest BCUT2D eigenvalue weighted by atomic mass is 35.5. The molecule has 0 heterocycles. The van der Waals surface area contributed by atoms with Crippen molar-refractivity contribution in [1.29, 1.82) is 0 Å². The van der Waals surface area contributed by atoms with Gasteiger partial charge in [0.1, 0.15) is 6.04 Å². The summed E-state index contributed by atoms with van der Waals surface area (Å²) in [7, 11) is -4.22. The van der Waals surface area contributed by atoms with Gasteiger partial charge in [-0.1, -0.05) is 36.0 Å². The molecule has 1 aromatic carbocycles. The van der Waals surface area contributed by atoms with E-state index in [1.54, 1.807) is 0 Å². The second kappa shape index (κ2) is 10.1. The van der Waals surface area contributed by atoms with Gasteiger partial charge in [0.25, 0.3) is 5.91 Å². The van der Waals surface area contributed by atoms with Gasteiger partial charge in [-0.2, -0.15) is 4.72 Å². The normalized spacial score (nSPS) is 18.1. The summed E-state index contributed by atoms with van der Waals surface area (Å²) in [5.74, 6) is -1.54. The number of hydrogen-bond donors (Lipinski definition) is 3. The summed E-state index contributed by atoms with van der Waals surface area (Å²) >= 11 is 11.6. The molecule has 0 aliphatic heterocycles. The molecule has 162 valence electrons. The number of benzene rings is 1. The number of sulfonamides is 1. The van der Waals surface area contributed by atoms with E-state index in [2.05, 4.69) is 10.0 Å². The third-order valence-electron chi connectivity index (χ3n) is 4.58. The van der Waals surface area contributed by atoms with E-state index < -0.39 is 40.1 Å². The number of ether oxygens (including phenoxy) is 1. The zero-order chi connectivity index (χ0) is 21.8. The predicted molar refractivity (Wildman–Crippen MR) is 108 cm³/mol. The molecule has 1 saturated carbocycles. The molecule has 1 fully saturated rings. The molecule has 29 heavy (non-hydrogen) atoms. The van der Waals surface area contributed by atoms with Crippen LogP contribution in [-0.4, -0.2) is 49.7 Å². The minimum atomic E-state index is -4.22. The summed E-state index contributed by atoms with van der Waals surface area (Å²) < 4.78 is 32.3. The van der Waals surface area contributed by atoms with Crippen LogP contribution in [0.15, 0.2) is 23.1 Å². The maximum Gasteiger partial charge on any atom is 0.327 e. The summed E-state index contributed by atoms with van der Waals surface area (Å²) in [6.45, 7) is 2.61. The van der Waals surface area contributed by atoms with E-state index in [0.717, 1.165) is 31.7 Å². The van der Waals surface area contributed by atoms with E-state index in [1.165, 1.54) is 26.0 Å². The Hall–Kier alpha value is -1.39. The van der Waals surface area contributed by atoms with Crippen LogP contribution in [0.1, 0.15) is 39.5 Å². The third-order valence-corrected chi connectivity index (χ3v) is 6.76. The van der Waals surface area contributed by atoms with Crippen molar-refractivity contribution in [3.8, 4) is 0 Å². The highest BCUT2D eigenvalue weighted by Gasteiger charge is 2.33. The molecular weight excluding hydrogens is 443 g/mol. The molecule has 8 nitrogen and oxygen atoms in total. The van der Waals surface area contributed by atoms with Gasteiger partial charge < -0.3 is 15.2 Å². The quantitative estimate of drug-likeness (QED) is 0.503. The fourth-order valence-corrected chi connectivity index (χ4v) is 4.56. The van der Waals surface area contributed by atoms with Crippen LogP contribution in [0, 0.1) is 0 Å². The molecule has 2 rings (SSSR count). The highest BCUT2D eigenvalue weighted by molar-refractivity contribution is 7.89. The fourth-order valence-electron chi connectivity index (χ4n) is 2.91. The van der Waals surface area contributed by atoms with Crippen molar-refractivity contribution in [2.75, 3.05) is 0 Å². The number of rotatable bonds is 8. The van der Waals surface area contributed by atoms with Crippen molar-refractivity contribution in [3.05, 3.63) is 28.2 Å². The number of carbonyl (C=O) groups excluding carboxylic acids is 2. The molecule has 0 radical (unpaired) electrons. The Bertz CT molecular complexity index is 856. The Labute approximate surface area is 180 Å². The number of carbonyl (C=O) groups is 2. The van der Waals surface area contributed by atoms with Gasteiger partial charge in [-0.25, -0.2) is 8.42 Å². The monoisotopic (exact) mass is 466 g/mol. The average molecular weight is 467 g/mol. The lowest BCUT2D eigenvalue weighted by atomic mass is 10.2. The summed E-state index contributed by atoms with van der Waals surface area (Å²) in [5, 5.41) is 12.9. The standard InChI is InChI=1S/C18H24Cl2N2O6S/c1-10(23)16(22-29(26,27)13-7-8-14(19)15(20)9-13)18(25)28-11(2)17(24)21-12-5-3-4-6-12/h7-12,16,22-23H,3-6H2,1-2H3,(H,21,24)/t10-,11-,16-/m0/s1. The second-order valence-electron chi connectivity index (χ2n) is 6.98. The maximum absolute atomic E-state index is 12.6. The van der Waals surface area contributed by atoms with Gasteiger partial charge in [0, 0.05) is 6.04 Å². The minimum absolute atomic E-state index is 0.0166. The van der Waals surface area contributed by atoms with E-state index in [4.69, 9.17) is 27.9 Å². The Morgan fingerprint density at radius 1 is 1.17 bits per heavy atom. The Balaban J connectivity index is 2.06. The predicted octanol–water partition coefficient (Wildman–Crippen LogP) is 2.01. The molecule has 0 unspecified atom stereocenters. The van der Waals surface area contributed by atoms with Gasteiger partial charge in [-0.15, -0.1) is 0 Å². The summed E-state index contributed by atoms with van der Waals surface area (Å²) in [6, 6.07) is 2.05. The number of nitrogens with one attached hydrogen (secondary N) is 2. The van der Waals surface area contributed by atoms with E-state index in [0.29, 0.717) is 0 Å². The minimum Gasteiger partial charge on any atom is -0.451 e. The topological polar surface area (TPSA) is 122 Å². The molecule has 3 atom stereocenters. The van der Waals surface area contributed by atoms with Crippen LogP contribution < -0.4 is 10.0 Å². The molecule has 1 aliphatic rings. The van der Waals surface area contributed by atoms with Gasteiger partial charge >= 0.3 is 5.97 Å². The molecule has 1 aromatic rings. The smallest absolute Gasteiger partial charge is 0.327 e. The average Bonchev–Trinajstić information content (AvgIpc) is 3.14. The molecule has 11 heteroatoms. The highest BCUT2D eigenvalue weighted by Crippen LogP contribution is 2.25. The molecular formula is C18H24Cl2N2O6S. The van der Waals surface area contributed by atoms with Gasteiger partial charge in [0.2, 0.25) is 10.0 Å². The lowest BCUT2D eigenvalue weighted by Gasteiger charge is -2.23. The number of amides is 1. The van der Waals surface area contributed by atoms with Crippen molar-refractivity contribution in [1.82, 2.24) is 10.0 Å². The van der Waals surface area contributed by atoms with Crippen LogP contribution in [0.2, 0.25) is 10.0 Å². The van der Waals surface area contributed by atoms with E-state index in [-0.39, 0.29) is 21.0 Å². The number of esters is 1. The van der Waals surface area contributed by atoms with Crippen LogP contribution in [0.3, 0.4) is 0 Å². The lowest BCUT2D eigenvalue weighted by molar-refractivity contribution is -0.158. The zero-order valence-corrected chi connectivity index (χ0v) is 18.4. The fraction of sp³-hybridized carbons (Fsp3) is 0.556. The van der Waals surface area contributed by atoms with Crippen LogP contribution in [0.4, 0.5) is 0 Å². The Morgan fingerprint density at radius 2 is 1.79 bits per heavy atom. The van der Waals surface area contributed by atoms with E-state index in [9.17, 15) is 23.1 Å². The van der Waals surface area contributed by atoms with Gasteiger partial charge in [0.15, 0.2) is 6.10 Å². The second-order valence-corrected chi connectivity index (χ2v) is 9.51. The van der Waals surface area contributed by atoms with Gasteiger partial charge in [-0.3, -0.25) is 9.59 Å². The van der Waals surface area contributed by atoms with Gasteiger partial charge in [-0.05, 0) is 44.9 Å². The first-order chi connectivity index (χ1) is 13.5. The molecule has 0 bridgehead atoms. The van der Waals surface area contributed by atoms with Gasteiger partial charge in [0.05, 0.1) is 21.0 Å². The number of aliphatic hydroxyl groups is 1. The molecule has 0 aromatic heterocycles. The van der Waals surface area contributed by atoms with Crippen LogP contribution in [0.25, 0.3) is 0 Å². The molecule has 0 saturated heterocycles. The molecule has 3 N–H and O–H groups in total. The lowest BCUT2D eigenvalue weighted by Crippen LogP contribution is -2.50. The maximum atomic E-state index is 12.6. The van der Waals surface area contributed by atoms with Crippen molar-refractivity contribution >= 4 is 45.1 Å². The van der Waals surface area contributed by atoms with Crippen LogP contribution in [0.5, 0.6) is 0 Å². The van der Waals surface area contributed by atoms with Crippen LogP contribution >= 0.6 is 23.2 Å². The first-order valence-electron chi connectivity index (χ1n) is 9.17. The van der Waals surface area contributed by atoms with Crippen molar-refractivity contribution in [3.63, 3.8) is 0 Å². The molecule has 1 amide bonds. The first-order valence-corrected chi connectivity index (χ1v) is 11.4. The molecule has 1 aliphatic carbocycles. The molecule has 0 spiro atoms. The van der Waals surface area contributed by atoms with Crippen molar-refractivity contribution in [2.45, 2.75) is 68.7 Å². The number of hydrogen-bond acceptors (Lipinski definition) is 6. The Kier molecular flexibility index (Phi) is 8.30. The number of halogens is 2. The summed E-state index contributed by atoms with van der Waals surface area (Å²) in [4.78, 5) is 24.4. The van der Waals surface area contributed by atoms with E-state index >= 15 is 0 Å². The number of aliphatic hydroxyl groups excluding tert-OH is 1. The van der Waals surface area contributed by atoms with Crippen molar-refractivity contribution in [2.24, 2.45) is 0 Å². The zero-order valence-electron chi connectivity index (χ0n) is 16.0. The SMILES string of the molecule is C[C@H](OC(=O)[C@@H](NS(=O)(=O)c1ccc(Cl)c(Cl)c1)[C@H](C)O)C(=O)NC1CCCC1.